The molecule has 0 amide bonds. The summed E-state index contributed by atoms with van der Waals surface area (Å²) >= 11 is 6.02. The molecule has 2 N–H and O–H groups in total. The molecule has 8 heteroatoms. The maximum Gasteiger partial charge on any atom is 0.307 e. The number of rotatable bonds is 7. The Morgan fingerprint density at radius 1 is 1.19 bits per heavy atom. The van der Waals surface area contributed by atoms with Gasteiger partial charge in [-0.15, -0.1) is 0 Å². The zero-order valence-corrected chi connectivity index (χ0v) is 18.0. The van der Waals surface area contributed by atoms with Gasteiger partial charge in [0.25, 0.3) is 0 Å². The fraction of sp³-hybridized carbons (Fsp3) is 0.261. The Balaban J connectivity index is 1.66. The number of imidazole rings is 1. The van der Waals surface area contributed by atoms with Crippen molar-refractivity contribution in [2.45, 2.75) is 39.7 Å². The van der Waals surface area contributed by atoms with Crippen LogP contribution in [-0.4, -0.2) is 30.8 Å². The number of H-pyrrole nitrogens is 1. The van der Waals surface area contributed by atoms with Gasteiger partial charge in [-0.2, -0.15) is 5.10 Å². The molecule has 0 atom stereocenters. The van der Waals surface area contributed by atoms with Crippen molar-refractivity contribution >= 4 is 28.6 Å². The number of carboxylic acid groups (broad SMARTS) is 1. The maximum atomic E-state index is 15.0. The van der Waals surface area contributed by atoms with Gasteiger partial charge in [0, 0.05) is 27.4 Å². The monoisotopic (exact) mass is 440 g/mol. The van der Waals surface area contributed by atoms with E-state index in [1.165, 1.54) is 6.07 Å². The number of halogens is 2. The van der Waals surface area contributed by atoms with E-state index in [4.69, 9.17) is 11.6 Å². The summed E-state index contributed by atoms with van der Waals surface area (Å²) in [5.41, 5.74) is 4.96. The topological polar surface area (TPSA) is 83.8 Å². The molecule has 2 aromatic heterocycles. The average molecular weight is 441 g/mol. The van der Waals surface area contributed by atoms with Crippen LogP contribution in [0.3, 0.4) is 0 Å². The third kappa shape index (κ3) is 4.18. The molecule has 0 spiro atoms. The first kappa shape index (κ1) is 21.1. The lowest BCUT2D eigenvalue weighted by Gasteiger charge is -2.09. The van der Waals surface area contributed by atoms with E-state index in [0.29, 0.717) is 34.8 Å². The first-order chi connectivity index (χ1) is 14.9. The van der Waals surface area contributed by atoms with Crippen LogP contribution >= 0.6 is 11.6 Å². The lowest BCUT2D eigenvalue weighted by atomic mass is 10.1. The van der Waals surface area contributed by atoms with Gasteiger partial charge in [0.15, 0.2) is 0 Å². The van der Waals surface area contributed by atoms with Gasteiger partial charge in [0.1, 0.15) is 11.6 Å². The number of aryl methyl sites for hydroxylation is 1. The second-order valence-corrected chi connectivity index (χ2v) is 7.80. The largest absolute Gasteiger partial charge is 0.481 e. The molecule has 2 aromatic carbocycles. The number of nitrogens with zero attached hydrogens (tertiary/aromatic N) is 3. The quantitative estimate of drug-likeness (QED) is 0.422. The van der Waals surface area contributed by atoms with Gasteiger partial charge in [-0.1, -0.05) is 37.6 Å². The van der Waals surface area contributed by atoms with Crippen LogP contribution in [-0.2, 0) is 30.6 Å². The summed E-state index contributed by atoms with van der Waals surface area (Å²) in [6.45, 7) is 4.12. The van der Waals surface area contributed by atoms with Gasteiger partial charge in [0.05, 0.1) is 29.7 Å². The van der Waals surface area contributed by atoms with E-state index in [-0.39, 0.29) is 18.8 Å². The standard InChI is InChI=1S/C23H22ClFN4O2/c1-3-18-16(11-22(30)31)21(4-2)29(28-18)12-14-6-5-13(9-17(14)25)23-26-19-8-7-15(24)10-20(19)27-23/h5-10H,3-4,11-12H2,1-2H3,(H,26,27)(H,30,31). The number of aromatic amines is 1. The SMILES string of the molecule is CCc1nn(Cc2ccc(-c3nc4ccc(Cl)cc4[nH]3)cc2F)c(CC)c1CC(=O)O. The molecule has 0 aliphatic rings. The van der Waals surface area contributed by atoms with Crippen molar-refractivity contribution in [1.29, 1.82) is 0 Å². The number of aromatic nitrogens is 4. The fourth-order valence-electron chi connectivity index (χ4n) is 3.86. The molecule has 4 rings (SSSR count). The van der Waals surface area contributed by atoms with E-state index in [2.05, 4.69) is 15.1 Å². The van der Waals surface area contributed by atoms with Crippen LogP contribution in [0.2, 0.25) is 5.02 Å². The zero-order chi connectivity index (χ0) is 22.1. The van der Waals surface area contributed by atoms with Gasteiger partial charge in [-0.25, -0.2) is 9.37 Å². The molecule has 0 unspecified atom stereocenters. The van der Waals surface area contributed by atoms with E-state index in [1.807, 2.05) is 26.0 Å². The number of fused-ring (bicyclic) bond motifs is 1. The summed E-state index contributed by atoms with van der Waals surface area (Å²) in [6.07, 6.45) is 1.17. The van der Waals surface area contributed by atoms with Gasteiger partial charge in [0.2, 0.25) is 0 Å². The molecule has 0 saturated heterocycles. The number of carbonyl (C=O) groups is 1. The van der Waals surface area contributed by atoms with Gasteiger partial charge < -0.3 is 10.1 Å². The lowest BCUT2D eigenvalue weighted by molar-refractivity contribution is -0.136. The highest BCUT2D eigenvalue weighted by atomic mass is 35.5. The van der Waals surface area contributed by atoms with Crippen LogP contribution in [0.25, 0.3) is 22.4 Å². The van der Waals surface area contributed by atoms with Crippen LogP contribution in [0.5, 0.6) is 0 Å². The molecule has 6 nitrogen and oxygen atoms in total. The second kappa shape index (κ2) is 8.51. The van der Waals surface area contributed by atoms with Crippen molar-refractivity contribution < 1.29 is 14.3 Å². The summed E-state index contributed by atoms with van der Waals surface area (Å²) in [5, 5.41) is 14.4. The maximum absolute atomic E-state index is 15.0. The molecule has 31 heavy (non-hydrogen) atoms. The van der Waals surface area contributed by atoms with Crippen LogP contribution in [0, 0.1) is 5.82 Å². The minimum Gasteiger partial charge on any atom is -0.481 e. The highest BCUT2D eigenvalue weighted by molar-refractivity contribution is 6.31. The van der Waals surface area contributed by atoms with Gasteiger partial charge in [-0.05, 0) is 37.1 Å². The summed E-state index contributed by atoms with van der Waals surface area (Å²) in [7, 11) is 0. The minimum atomic E-state index is -0.897. The fourth-order valence-corrected chi connectivity index (χ4v) is 4.03. The molecular weight excluding hydrogens is 419 g/mol. The molecule has 0 bridgehead atoms. The normalized spacial score (nSPS) is 11.4. The van der Waals surface area contributed by atoms with E-state index in [0.717, 1.165) is 28.0 Å². The number of carboxylic acids is 1. The van der Waals surface area contributed by atoms with Gasteiger partial charge >= 0.3 is 5.97 Å². The highest BCUT2D eigenvalue weighted by Crippen LogP contribution is 2.25. The number of benzene rings is 2. The molecule has 4 aromatic rings. The average Bonchev–Trinajstić information content (AvgIpc) is 3.29. The molecular formula is C23H22ClFN4O2. The highest BCUT2D eigenvalue weighted by Gasteiger charge is 2.19. The summed E-state index contributed by atoms with van der Waals surface area (Å²) in [4.78, 5) is 18.9. The van der Waals surface area contributed by atoms with Crippen molar-refractivity contribution in [1.82, 2.24) is 19.7 Å². The Labute approximate surface area is 183 Å². The van der Waals surface area contributed by atoms with Crippen molar-refractivity contribution in [2.24, 2.45) is 0 Å². The van der Waals surface area contributed by atoms with Crippen molar-refractivity contribution in [3.05, 3.63) is 69.8 Å². The third-order valence-corrected chi connectivity index (χ3v) is 5.57. The van der Waals surface area contributed by atoms with Crippen molar-refractivity contribution in [3.8, 4) is 11.4 Å². The Kier molecular flexibility index (Phi) is 5.78. The Hall–Kier alpha value is -3.19. The van der Waals surface area contributed by atoms with Crippen LogP contribution < -0.4 is 0 Å². The molecule has 0 fully saturated rings. The summed E-state index contributed by atoms with van der Waals surface area (Å²) in [5.74, 6) is -0.703. The van der Waals surface area contributed by atoms with Gasteiger partial charge in [-0.3, -0.25) is 9.48 Å². The molecule has 0 aliphatic carbocycles. The van der Waals surface area contributed by atoms with E-state index >= 15 is 0 Å². The Bertz CT molecular complexity index is 1280. The zero-order valence-electron chi connectivity index (χ0n) is 17.2. The van der Waals surface area contributed by atoms with Crippen molar-refractivity contribution in [2.75, 3.05) is 0 Å². The molecule has 160 valence electrons. The van der Waals surface area contributed by atoms with E-state index in [1.54, 1.807) is 22.9 Å². The second-order valence-electron chi connectivity index (χ2n) is 7.36. The minimum absolute atomic E-state index is 0.0795. The van der Waals surface area contributed by atoms with E-state index < -0.39 is 5.97 Å². The predicted molar refractivity (Wildman–Crippen MR) is 118 cm³/mol. The Morgan fingerprint density at radius 2 is 2.00 bits per heavy atom. The van der Waals surface area contributed by atoms with Crippen LogP contribution in [0.1, 0.15) is 36.4 Å². The lowest BCUT2D eigenvalue weighted by Crippen LogP contribution is -2.09. The predicted octanol–water partition coefficient (Wildman–Crippen LogP) is 5.02. The summed E-state index contributed by atoms with van der Waals surface area (Å²) in [6, 6.07) is 10.3. The molecule has 0 radical (unpaired) electrons. The van der Waals surface area contributed by atoms with E-state index in [9.17, 15) is 14.3 Å². The molecule has 2 heterocycles. The summed E-state index contributed by atoms with van der Waals surface area (Å²) < 4.78 is 16.7. The van der Waals surface area contributed by atoms with Crippen LogP contribution in [0.4, 0.5) is 4.39 Å². The number of aliphatic carboxylic acids is 1. The van der Waals surface area contributed by atoms with Crippen molar-refractivity contribution in [3.63, 3.8) is 0 Å². The smallest absolute Gasteiger partial charge is 0.307 e. The first-order valence-corrected chi connectivity index (χ1v) is 10.5. The number of nitrogens with one attached hydrogen (secondary N) is 1. The van der Waals surface area contributed by atoms with Crippen LogP contribution in [0.15, 0.2) is 36.4 Å². The molecule has 0 aliphatic heterocycles. The number of hydrogen-bond acceptors (Lipinski definition) is 3. The Morgan fingerprint density at radius 3 is 2.68 bits per heavy atom. The number of hydrogen-bond donors (Lipinski definition) is 2. The molecule has 0 saturated carbocycles. The first-order valence-electron chi connectivity index (χ1n) is 10.1. The third-order valence-electron chi connectivity index (χ3n) is 5.34.